The van der Waals surface area contributed by atoms with Crippen LogP contribution in [0.15, 0.2) is 30.3 Å². The summed E-state index contributed by atoms with van der Waals surface area (Å²) in [4.78, 5) is 14.9. The Morgan fingerprint density at radius 1 is 1.25 bits per heavy atom. The Bertz CT molecular complexity index is 526. The largest absolute Gasteiger partial charge is 0.390 e. The number of amides is 1. The van der Waals surface area contributed by atoms with Gasteiger partial charge in [0.05, 0.1) is 12.0 Å². The number of piperidine rings is 1. The van der Waals surface area contributed by atoms with Gasteiger partial charge in [0.2, 0.25) is 5.91 Å². The van der Waals surface area contributed by atoms with E-state index in [1.807, 2.05) is 18.2 Å². The maximum atomic E-state index is 12.5. The van der Waals surface area contributed by atoms with Gasteiger partial charge in [-0.15, -0.1) is 0 Å². The van der Waals surface area contributed by atoms with Gasteiger partial charge in [-0.25, -0.2) is 0 Å². The Labute approximate surface area is 146 Å². The monoisotopic (exact) mass is 332 g/mol. The van der Waals surface area contributed by atoms with Gasteiger partial charge in [0.1, 0.15) is 0 Å². The van der Waals surface area contributed by atoms with Gasteiger partial charge in [-0.05, 0) is 52.5 Å². The molecule has 2 N–H and O–H groups in total. The fraction of sp³-hybridized carbons (Fsp3) is 0.650. The number of nitrogens with zero attached hydrogens (tertiary/aromatic N) is 1. The summed E-state index contributed by atoms with van der Waals surface area (Å²) < 4.78 is 0. The number of benzene rings is 1. The van der Waals surface area contributed by atoms with Gasteiger partial charge in [-0.3, -0.25) is 4.79 Å². The quantitative estimate of drug-likeness (QED) is 0.842. The molecule has 1 aliphatic rings. The van der Waals surface area contributed by atoms with E-state index in [-0.39, 0.29) is 17.9 Å². The molecule has 0 bridgehead atoms. The maximum absolute atomic E-state index is 12.5. The zero-order valence-corrected chi connectivity index (χ0v) is 15.5. The average molecular weight is 332 g/mol. The Hall–Kier alpha value is -1.39. The molecule has 2 rings (SSSR count). The Morgan fingerprint density at radius 2 is 1.83 bits per heavy atom. The lowest BCUT2D eigenvalue weighted by Gasteiger charge is -2.44. The molecule has 0 saturated carbocycles. The molecule has 1 aromatic carbocycles. The van der Waals surface area contributed by atoms with Gasteiger partial charge in [0, 0.05) is 24.7 Å². The molecule has 1 amide bonds. The Morgan fingerprint density at radius 3 is 2.33 bits per heavy atom. The Balaban J connectivity index is 2.11. The van der Waals surface area contributed by atoms with Crippen molar-refractivity contribution in [1.29, 1.82) is 0 Å². The number of rotatable bonds is 6. The Kier molecular flexibility index (Phi) is 6.05. The van der Waals surface area contributed by atoms with Crippen molar-refractivity contribution in [3.8, 4) is 0 Å². The van der Waals surface area contributed by atoms with Gasteiger partial charge < -0.3 is 15.3 Å². The van der Waals surface area contributed by atoms with Gasteiger partial charge >= 0.3 is 0 Å². The third-order valence-electron chi connectivity index (χ3n) is 4.87. The molecule has 0 atom stereocenters. The summed E-state index contributed by atoms with van der Waals surface area (Å²) in [5.74, 6) is -0.0589. The zero-order valence-electron chi connectivity index (χ0n) is 15.5. The molecule has 24 heavy (non-hydrogen) atoms. The van der Waals surface area contributed by atoms with Crippen molar-refractivity contribution in [3.05, 3.63) is 35.9 Å². The van der Waals surface area contributed by atoms with Crippen LogP contribution in [0.25, 0.3) is 0 Å². The SMILES string of the molecule is CC(C)N1CCC(Cc2ccccc2)(NC(=O)CC(C)(C)O)CC1. The molecule has 0 radical (unpaired) electrons. The maximum Gasteiger partial charge on any atom is 0.223 e. The van der Waals surface area contributed by atoms with Crippen LogP contribution >= 0.6 is 0 Å². The van der Waals surface area contributed by atoms with Crippen molar-refractivity contribution in [1.82, 2.24) is 10.2 Å². The lowest BCUT2D eigenvalue weighted by molar-refractivity contribution is -0.127. The first-order valence-corrected chi connectivity index (χ1v) is 9.01. The molecule has 0 aromatic heterocycles. The predicted molar refractivity (Wildman–Crippen MR) is 97.9 cm³/mol. The van der Waals surface area contributed by atoms with Crippen LogP contribution in [0.5, 0.6) is 0 Å². The average Bonchev–Trinajstić information content (AvgIpc) is 2.46. The van der Waals surface area contributed by atoms with E-state index >= 15 is 0 Å². The standard InChI is InChI=1S/C20H32N2O2/c1-16(2)22-12-10-20(11-13-22,14-17-8-6-5-7-9-17)21-18(23)15-19(3,4)24/h5-9,16,24H,10-15H2,1-4H3,(H,21,23). The van der Waals surface area contributed by atoms with Crippen LogP contribution in [0, 0.1) is 0 Å². The van der Waals surface area contributed by atoms with Crippen molar-refractivity contribution in [2.45, 2.75) is 70.6 Å². The molecule has 1 aromatic rings. The van der Waals surface area contributed by atoms with Gasteiger partial charge in [-0.2, -0.15) is 0 Å². The number of carbonyl (C=O) groups excluding carboxylic acids is 1. The van der Waals surface area contributed by atoms with Crippen molar-refractivity contribution >= 4 is 5.91 Å². The third-order valence-corrected chi connectivity index (χ3v) is 4.87. The van der Waals surface area contributed by atoms with Gasteiger partial charge in [0.25, 0.3) is 0 Å². The summed E-state index contributed by atoms with van der Waals surface area (Å²) in [5.41, 5.74) is 0.0604. The van der Waals surface area contributed by atoms with Crippen LogP contribution in [-0.2, 0) is 11.2 Å². The van der Waals surface area contributed by atoms with Crippen LogP contribution in [0.4, 0.5) is 0 Å². The van der Waals surface area contributed by atoms with E-state index in [1.165, 1.54) is 5.56 Å². The van der Waals surface area contributed by atoms with Crippen molar-refractivity contribution < 1.29 is 9.90 Å². The highest BCUT2D eigenvalue weighted by Gasteiger charge is 2.37. The molecule has 134 valence electrons. The van der Waals surface area contributed by atoms with E-state index in [0.29, 0.717) is 6.04 Å². The van der Waals surface area contributed by atoms with E-state index in [1.54, 1.807) is 13.8 Å². The zero-order chi connectivity index (χ0) is 17.8. The number of carbonyl (C=O) groups is 1. The molecule has 1 saturated heterocycles. The van der Waals surface area contributed by atoms with Gasteiger partial charge in [0.15, 0.2) is 0 Å². The first-order valence-electron chi connectivity index (χ1n) is 9.01. The lowest BCUT2D eigenvalue weighted by atomic mass is 9.81. The fourth-order valence-corrected chi connectivity index (χ4v) is 3.53. The topological polar surface area (TPSA) is 52.6 Å². The predicted octanol–water partition coefficient (Wildman–Crippen LogP) is 2.75. The first-order chi connectivity index (χ1) is 11.2. The summed E-state index contributed by atoms with van der Waals surface area (Å²) in [5, 5.41) is 13.2. The van der Waals surface area contributed by atoms with Crippen molar-refractivity contribution in [2.24, 2.45) is 0 Å². The van der Waals surface area contributed by atoms with E-state index in [0.717, 1.165) is 32.4 Å². The normalized spacial score (nSPS) is 18.6. The number of likely N-dealkylation sites (tertiary alicyclic amines) is 1. The second-order valence-electron chi connectivity index (χ2n) is 8.11. The number of aliphatic hydroxyl groups is 1. The van der Waals surface area contributed by atoms with E-state index in [2.05, 4.69) is 36.2 Å². The first kappa shape index (κ1) is 18.9. The number of nitrogens with one attached hydrogen (secondary N) is 1. The molecular formula is C20H32N2O2. The summed E-state index contributed by atoms with van der Waals surface area (Å²) >= 11 is 0. The minimum atomic E-state index is -0.976. The van der Waals surface area contributed by atoms with Crippen LogP contribution in [0.2, 0.25) is 0 Å². The van der Waals surface area contributed by atoms with Crippen LogP contribution < -0.4 is 5.32 Å². The molecule has 1 fully saturated rings. The van der Waals surface area contributed by atoms with E-state index in [4.69, 9.17) is 0 Å². The molecule has 4 heteroatoms. The molecule has 0 spiro atoms. The summed E-state index contributed by atoms with van der Waals surface area (Å²) in [6, 6.07) is 10.9. The third kappa shape index (κ3) is 5.60. The second-order valence-corrected chi connectivity index (χ2v) is 8.11. The van der Waals surface area contributed by atoms with Crippen LogP contribution in [0.3, 0.4) is 0 Å². The number of hydrogen-bond donors (Lipinski definition) is 2. The van der Waals surface area contributed by atoms with Crippen LogP contribution in [-0.4, -0.2) is 46.2 Å². The molecule has 1 heterocycles. The fourth-order valence-electron chi connectivity index (χ4n) is 3.53. The molecule has 1 aliphatic heterocycles. The molecule has 4 nitrogen and oxygen atoms in total. The highest BCUT2D eigenvalue weighted by molar-refractivity contribution is 5.77. The summed E-state index contributed by atoms with van der Waals surface area (Å²) in [6.45, 7) is 9.78. The molecule has 0 aliphatic carbocycles. The van der Waals surface area contributed by atoms with Crippen molar-refractivity contribution in [3.63, 3.8) is 0 Å². The molecule has 0 unspecified atom stereocenters. The van der Waals surface area contributed by atoms with Crippen molar-refractivity contribution in [2.75, 3.05) is 13.1 Å². The minimum Gasteiger partial charge on any atom is -0.390 e. The van der Waals surface area contributed by atoms with Crippen LogP contribution in [0.1, 0.15) is 52.5 Å². The smallest absolute Gasteiger partial charge is 0.223 e. The lowest BCUT2D eigenvalue weighted by Crippen LogP contribution is -2.58. The second kappa shape index (κ2) is 7.66. The summed E-state index contributed by atoms with van der Waals surface area (Å²) in [6.07, 6.45) is 2.87. The summed E-state index contributed by atoms with van der Waals surface area (Å²) in [7, 11) is 0. The van der Waals surface area contributed by atoms with Gasteiger partial charge in [-0.1, -0.05) is 30.3 Å². The highest BCUT2D eigenvalue weighted by atomic mass is 16.3. The highest BCUT2D eigenvalue weighted by Crippen LogP contribution is 2.28. The van der Waals surface area contributed by atoms with E-state index in [9.17, 15) is 9.90 Å². The number of hydrogen-bond acceptors (Lipinski definition) is 3. The molecular weight excluding hydrogens is 300 g/mol. The van der Waals surface area contributed by atoms with E-state index < -0.39 is 5.60 Å². The minimum absolute atomic E-state index is 0.0589.